The van der Waals surface area contributed by atoms with Crippen molar-refractivity contribution in [2.24, 2.45) is 0 Å². The first-order valence-electron chi connectivity index (χ1n) is 8.42. The summed E-state index contributed by atoms with van der Waals surface area (Å²) in [7, 11) is 0. The van der Waals surface area contributed by atoms with Crippen molar-refractivity contribution in [1.82, 2.24) is 5.32 Å². The number of carbonyl (C=O) groups is 1. The van der Waals surface area contributed by atoms with Crippen LogP contribution in [0.3, 0.4) is 0 Å². The van der Waals surface area contributed by atoms with E-state index in [4.69, 9.17) is 0 Å². The third kappa shape index (κ3) is 3.28. The monoisotopic (exact) mass is 326 g/mol. The largest absolute Gasteiger partial charge is 0.328 e. The van der Waals surface area contributed by atoms with Crippen LogP contribution in [0, 0.1) is 19.7 Å². The molecule has 4 heteroatoms. The van der Waals surface area contributed by atoms with Gasteiger partial charge in [0.05, 0.1) is 5.54 Å². The highest BCUT2D eigenvalue weighted by Crippen LogP contribution is 2.39. The predicted molar refractivity (Wildman–Crippen MR) is 94.6 cm³/mol. The summed E-state index contributed by atoms with van der Waals surface area (Å²) in [5.41, 5.74) is 3.48. The summed E-state index contributed by atoms with van der Waals surface area (Å²) in [6.45, 7) is 3.96. The van der Waals surface area contributed by atoms with Crippen LogP contribution >= 0.6 is 0 Å². The molecule has 0 aliphatic heterocycles. The molecular formula is C20H23FN2O. The van der Waals surface area contributed by atoms with Gasteiger partial charge in [-0.15, -0.1) is 0 Å². The normalized spacial score (nSPS) is 16.0. The molecule has 1 aliphatic rings. The fraction of sp³-hybridized carbons (Fsp3) is 0.350. The number of urea groups is 1. The molecule has 0 heterocycles. The number of carbonyl (C=O) groups excluding carboxylic acids is 1. The summed E-state index contributed by atoms with van der Waals surface area (Å²) in [6, 6.07) is 12.2. The molecule has 0 spiro atoms. The molecule has 1 fully saturated rings. The van der Waals surface area contributed by atoms with Crippen LogP contribution in [0.2, 0.25) is 0 Å². The molecule has 0 radical (unpaired) electrons. The number of hydrogen-bond donors (Lipinski definition) is 2. The van der Waals surface area contributed by atoms with E-state index in [2.05, 4.69) is 10.6 Å². The molecule has 0 unspecified atom stereocenters. The fourth-order valence-corrected chi connectivity index (χ4v) is 3.61. The molecule has 0 aromatic heterocycles. The summed E-state index contributed by atoms with van der Waals surface area (Å²) in [4.78, 5) is 12.6. The highest BCUT2D eigenvalue weighted by molar-refractivity contribution is 5.91. The van der Waals surface area contributed by atoms with E-state index in [1.807, 2.05) is 32.0 Å². The van der Waals surface area contributed by atoms with Crippen molar-refractivity contribution in [3.05, 3.63) is 65.0 Å². The van der Waals surface area contributed by atoms with Crippen LogP contribution < -0.4 is 10.6 Å². The lowest BCUT2D eigenvalue weighted by Crippen LogP contribution is -2.46. The zero-order valence-corrected chi connectivity index (χ0v) is 14.2. The summed E-state index contributed by atoms with van der Waals surface area (Å²) in [5, 5.41) is 6.15. The number of benzene rings is 2. The summed E-state index contributed by atoms with van der Waals surface area (Å²) >= 11 is 0. The predicted octanol–water partition coefficient (Wildman–Crippen LogP) is 5.03. The summed E-state index contributed by atoms with van der Waals surface area (Å²) in [6.07, 6.45) is 3.86. The fourth-order valence-electron chi connectivity index (χ4n) is 3.61. The van der Waals surface area contributed by atoms with Gasteiger partial charge in [0.2, 0.25) is 0 Å². The van der Waals surface area contributed by atoms with Crippen LogP contribution in [-0.4, -0.2) is 6.03 Å². The first-order chi connectivity index (χ1) is 11.5. The number of nitrogens with one attached hydrogen (secondary N) is 2. The second kappa shape index (κ2) is 6.63. The number of rotatable bonds is 3. The Bertz CT molecular complexity index is 714. The minimum absolute atomic E-state index is 0.210. The minimum Gasteiger partial charge on any atom is -0.328 e. The number of anilines is 1. The first kappa shape index (κ1) is 16.5. The molecule has 2 N–H and O–H groups in total. The third-order valence-corrected chi connectivity index (χ3v) is 4.93. The number of aryl methyl sites for hydroxylation is 2. The van der Waals surface area contributed by atoms with E-state index in [9.17, 15) is 9.18 Å². The Balaban J connectivity index is 1.81. The van der Waals surface area contributed by atoms with Gasteiger partial charge in [0.1, 0.15) is 5.82 Å². The standard InChI is InChI=1S/C20H23FN2O/c1-14-6-5-7-15(2)18(14)22-19(24)23-20(12-3-4-13-20)16-8-10-17(21)11-9-16/h5-11H,3-4,12-13H2,1-2H3,(H2,22,23,24). The van der Waals surface area contributed by atoms with Gasteiger partial charge in [-0.1, -0.05) is 43.2 Å². The van der Waals surface area contributed by atoms with Crippen LogP contribution in [0.5, 0.6) is 0 Å². The maximum Gasteiger partial charge on any atom is 0.319 e. The molecule has 3 rings (SSSR count). The van der Waals surface area contributed by atoms with Crippen molar-refractivity contribution >= 4 is 11.7 Å². The smallest absolute Gasteiger partial charge is 0.319 e. The Kier molecular flexibility index (Phi) is 4.56. The number of para-hydroxylation sites is 1. The topological polar surface area (TPSA) is 41.1 Å². The number of amides is 2. The van der Waals surface area contributed by atoms with Crippen LogP contribution in [0.15, 0.2) is 42.5 Å². The number of halogens is 1. The van der Waals surface area contributed by atoms with Crippen LogP contribution in [0.25, 0.3) is 0 Å². The van der Waals surface area contributed by atoms with Gasteiger partial charge in [0.15, 0.2) is 0 Å². The van der Waals surface area contributed by atoms with Gasteiger partial charge in [-0.25, -0.2) is 9.18 Å². The van der Waals surface area contributed by atoms with Crippen LogP contribution in [-0.2, 0) is 5.54 Å². The van der Waals surface area contributed by atoms with E-state index in [-0.39, 0.29) is 11.8 Å². The lowest BCUT2D eigenvalue weighted by Gasteiger charge is -2.31. The van der Waals surface area contributed by atoms with Crippen LogP contribution in [0.4, 0.5) is 14.9 Å². The quantitative estimate of drug-likeness (QED) is 0.815. The Labute approximate surface area is 142 Å². The minimum atomic E-state index is -0.408. The van der Waals surface area contributed by atoms with Crippen molar-refractivity contribution in [1.29, 1.82) is 0 Å². The molecule has 2 amide bonds. The zero-order chi connectivity index (χ0) is 17.2. The third-order valence-electron chi connectivity index (χ3n) is 4.93. The lowest BCUT2D eigenvalue weighted by molar-refractivity contribution is 0.236. The molecule has 0 atom stereocenters. The molecule has 1 aliphatic carbocycles. The number of hydrogen-bond acceptors (Lipinski definition) is 1. The molecule has 2 aromatic carbocycles. The molecular weight excluding hydrogens is 303 g/mol. The SMILES string of the molecule is Cc1cccc(C)c1NC(=O)NC1(c2ccc(F)cc2)CCCC1. The average Bonchev–Trinajstić information content (AvgIpc) is 3.01. The van der Waals surface area contributed by atoms with E-state index in [1.54, 1.807) is 12.1 Å². The summed E-state index contributed by atoms with van der Waals surface area (Å²) < 4.78 is 13.2. The Morgan fingerprint density at radius 1 is 1.00 bits per heavy atom. The molecule has 3 nitrogen and oxygen atoms in total. The molecule has 0 bridgehead atoms. The van der Waals surface area contributed by atoms with Crippen molar-refractivity contribution in [3.8, 4) is 0 Å². The highest BCUT2D eigenvalue weighted by Gasteiger charge is 2.37. The van der Waals surface area contributed by atoms with Gasteiger partial charge >= 0.3 is 6.03 Å². The average molecular weight is 326 g/mol. The molecule has 2 aromatic rings. The Hall–Kier alpha value is -2.36. The molecule has 0 saturated heterocycles. The van der Waals surface area contributed by atoms with Gasteiger partial charge in [-0.2, -0.15) is 0 Å². The molecule has 1 saturated carbocycles. The zero-order valence-electron chi connectivity index (χ0n) is 14.2. The van der Waals surface area contributed by atoms with E-state index in [0.717, 1.165) is 48.1 Å². The second-order valence-electron chi connectivity index (χ2n) is 6.64. The molecule has 126 valence electrons. The maximum atomic E-state index is 13.2. The van der Waals surface area contributed by atoms with Crippen molar-refractivity contribution in [2.45, 2.75) is 45.1 Å². The van der Waals surface area contributed by atoms with Crippen LogP contribution in [0.1, 0.15) is 42.4 Å². The van der Waals surface area contributed by atoms with Crippen molar-refractivity contribution in [2.75, 3.05) is 5.32 Å². The second-order valence-corrected chi connectivity index (χ2v) is 6.64. The van der Waals surface area contributed by atoms with Gasteiger partial charge in [-0.05, 0) is 55.5 Å². The van der Waals surface area contributed by atoms with E-state index in [1.165, 1.54) is 12.1 Å². The Morgan fingerprint density at radius 3 is 2.17 bits per heavy atom. The van der Waals surface area contributed by atoms with Gasteiger partial charge in [0.25, 0.3) is 0 Å². The van der Waals surface area contributed by atoms with E-state index >= 15 is 0 Å². The Morgan fingerprint density at radius 2 is 1.58 bits per heavy atom. The van der Waals surface area contributed by atoms with E-state index in [0.29, 0.717) is 0 Å². The van der Waals surface area contributed by atoms with Gasteiger partial charge in [0, 0.05) is 5.69 Å². The van der Waals surface area contributed by atoms with Gasteiger partial charge in [-0.3, -0.25) is 0 Å². The van der Waals surface area contributed by atoms with E-state index < -0.39 is 5.54 Å². The highest BCUT2D eigenvalue weighted by atomic mass is 19.1. The summed E-state index contributed by atoms with van der Waals surface area (Å²) in [5.74, 6) is -0.258. The van der Waals surface area contributed by atoms with Gasteiger partial charge < -0.3 is 10.6 Å². The first-order valence-corrected chi connectivity index (χ1v) is 8.42. The van der Waals surface area contributed by atoms with Crippen molar-refractivity contribution in [3.63, 3.8) is 0 Å². The van der Waals surface area contributed by atoms with Crippen molar-refractivity contribution < 1.29 is 9.18 Å². The molecule has 24 heavy (non-hydrogen) atoms. The lowest BCUT2D eigenvalue weighted by atomic mass is 9.88. The maximum absolute atomic E-state index is 13.2.